The highest BCUT2D eigenvalue weighted by Gasteiger charge is 2.53. The molecule has 140 valence electrons. The van der Waals surface area contributed by atoms with Crippen LogP contribution in [-0.4, -0.2) is 52.6 Å². The second kappa shape index (κ2) is 7.67. The van der Waals surface area contributed by atoms with Crippen molar-refractivity contribution in [2.24, 2.45) is 0 Å². The predicted octanol–water partition coefficient (Wildman–Crippen LogP) is 2.89. The third-order valence-corrected chi connectivity index (χ3v) is 5.75. The number of benzene rings is 2. The Labute approximate surface area is 160 Å². The molecule has 3 atom stereocenters. The van der Waals surface area contributed by atoms with Crippen molar-refractivity contribution in [1.29, 1.82) is 0 Å². The highest BCUT2D eigenvalue weighted by molar-refractivity contribution is 5.81. The summed E-state index contributed by atoms with van der Waals surface area (Å²) in [5, 5.41) is 9.90. The van der Waals surface area contributed by atoms with Crippen LogP contribution in [0.15, 0.2) is 60.7 Å². The third-order valence-electron chi connectivity index (χ3n) is 5.75. The van der Waals surface area contributed by atoms with E-state index in [-0.39, 0.29) is 30.5 Å². The molecule has 0 spiro atoms. The molecule has 2 saturated heterocycles. The van der Waals surface area contributed by atoms with Crippen molar-refractivity contribution < 1.29 is 9.90 Å². The number of fused-ring (bicyclic) bond motifs is 1. The first-order valence-corrected chi connectivity index (χ1v) is 9.62. The maximum atomic E-state index is 12.7. The lowest BCUT2D eigenvalue weighted by Crippen LogP contribution is -2.72. The van der Waals surface area contributed by atoms with Gasteiger partial charge in [0, 0.05) is 19.0 Å². The van der Waals surface area contributed by atoms with E-state index in [0.29, 0.717) is 6.54 Å². The first-order chi connectivity index (χ1) is 13.2. The molecular weight excluding hydrogens is 336 g/mol. The molecule has 0 unspecified atom stereocenters. The van der Waals surface area contributed by atoms with E-state index in [1.807, 2.05) is 36.1 Å². The highest BCUT2D eigenvalue weighted by atomic mass is 16.3. The van der Waals surface area contributed by atoms with Gasteiger partial charge < -0.3 is 10.0 Å². The van der Waals surface area contributed by atoms with Gasteiger partial charge in [-0.05, 0) is 23.6 Å². The van der Waals surface area contributed by atoms with Crippen LogP contribution < -0.4 is 0 Å². The Morgan fingerprint density at radius 1 is 1.11 bits per heavy atom. The molecule has 2 fully saturated rings. The van der Waals surface area contributed by atoms with Gasteiger partial charge in [-0.3, -0.25) is 9.69 Å². The number of aliphatic hydroxyl groups is 1. The topological polar surface area (TPSA) is 43.8 Å². The van der Waals surface area contributed by atoms with E-state index < -0.39 is 0 Å². The molecule has 27 heavy (non-hydrogen) atoms. The molecule has 0 aromatic heterocycles. The van der Waals surface area contributed by atoms with Crippen LogP contribution >= 0.6 is 0 Å². The number of carbonyl (C=O) groups is 1. The Kier molecular flexibility index (Phi) is 5.10. The molecule has 0 radical (unpaired) electrons. The third kappa shape index (κ3) is 3.43. The number of amides is 1. The molecule has 0 aliphatic carbocycles. The Morgan fingerprint density at radius 2 is 1.85 bits per heavy atom. The zero-order valence-corrected chi connectivity index (χ0v) is 15.7. The summed E-state index contributed by atoms with van der Waals surface area (Å²) in [5.74, 6) is 0.320. The van der Waals surface area contributed by atoms with E-state index in [1.165, 1.54) is 16.7 Å². The highest BCUT2D eigenvalue weighted by Crippen LogP contribution is 2.43. The second-order valence-electron chi connectivity index (χ2n) is 7.47. The van der Waals surface area contributed by atoms with Gasteiger partial charge >= 0.3 is 0 Å². The summed E-state index contributed by atoms with van der Waals surface area (Å²) < 4.78 is 0. The molecule has 2 aromatic rings. The van der Waals surface area contributed by atoms with Gasteiger partial charge in [0.15, 0.2) is 0 Å². The lowest BCUT2D eigenvalue weighted by Gasteiger charge is -2.59. The molecule has 4 rings (SSSR count). The van der Waals surface area contributed by atoms with Crippen LogP contribution in [-0.2, 0) is 11.3 Å². The number of piperazine rings is 1. The summed E-state index contributed by atoms with van der Waals surface area (Å²) in [5.41, 5.74) is 3.60. The van der Waals surface area contributed by atoms with Crippen LogP contribution in [0.3, 0.4) is 0 Å². The molecule has 4 nitrogen and oxygen atoms in total. The van der Waals surface area contributed by atoms with Gasteiger partial charge in [-0.1, -0.05) is 66.7 Å². The Balaban J connectivity index is 1.53. The molecule has 2 aliphatic rings. The van der Waals surface area contributed by atoms with E-state index in [2.05, 4.69) is 47.4 Å². The fraction of sp³-hybridized carbons (Fsp3) is 0.348. The van der Waals surface area contributed by atoms with E-state index in [1.54, 1.807) is 0 Å². The Hall–Kier alpha value is -2.43. The quantitative estimate of drug-likeness (QED) is 0.889. The summed E-state index contributed by atoms with van der Waals surface area (Å²) in [6.07, 6.45) is 4.10. The van der Waals surface area contributed by atoms with E-state index in [0.717, 1.165) is 13.1 Å². The first kappa shape index (κ1) is 18.0. The molecule has 2 aliphatic heterocycles. The smallest absolute Gasteiger partial charge is 0.237 e. The summed E-state index contributed by atoms with van der Waals surface area (Å²) in [6.45, 7) is 4.08. The van der Waals surface area contributed by atoms with Crippen molar-refractivity contribution in [1.82, 2.24) is 9.80 Å². The fourth-order valence-corrected chi connectivity index (χ4v) is 4.55. The van der Waals surface area contributed by atoms with E-state index in [4.69, 9.17) is 0 Å². The van der Waals surface area contributed by atoms with Gasteiger partial charge in [-0.15, -0.1) is 0 Å². The summed E-state index contributed by atoms with van der Waals surface area (Å²) in [6, 6.07) is 18.8. The molecule has 2 aromatic carbocycles. The fourth-order valence-electron chi connectivity index (χ4n) is 4.55. The second-order valence-corrected chi connectivity index (χ2v) is 7.47. The van der Waals surface area contributed by atoms with Crippen molar-refractivity contribution in [3.63, 3.8) is 0 Å². The van der Waals surface area contributed by atoms with Crippen LogP contribution in [0.1, 0.15) is 29.5 Å². The van der Waals surface area contributed by atoms with Gasteiger partial charge in [0.2, 0.25) is 5.91 Å². The zero-order valence-electron chi connectivity index (χ0n) is 15.7. The Bertz CT molecular complexity index is 816. The van der Waals surface area contributed by atoms with Crippen LogP contribution in [0.5, 0.6) is 0 Å². The number of allylic oxidation sites excluding steroid dienone is 1. The Morgan fingerprint density at radius 3 is 2.52 bits per heavy atom. The van der Waals surface area contributed by atoms with Gasteiger partial charge in [0.05, 0.1) is 25.2 Å². The standard InChI is InChI=1S/C23H26N2O2/c1-2-6-17-9-11-19(12-10-17)23-20-14-24(13-18-7-4-3-5-8-18)15-22(27)25(20)21(23)16-26/h2-12,20-21,23,26H,13-16H2,1H3/b6-2+/t20-,21-,23-/m0/s1. The van der Waals surface area contributed by atoms with Crippen LogP contribution in [0.2, 0.25) is 0 Å². The van der Waals surface area contributed by atoms with Crippen molar-refractivity contribution in [3.05, 3.63) is 77.4 Å². The van der Waals surface area contributed by atoms with E-state index in [9.17, 15) is 9.90 Å². The number of rotatable bonds is 5. The van der Waals surface area contributed by atoms with Crippen LogP contribution in [0.25, 0.3) is 6.08 Å². The number of aliphatic hydroxyl groups excluding tert-OH is 1. The summed E-state index contributed by atoms with van der Waals surface area (Å²) in [4.78, 5) is 16.8. The normalized spacial score (nSPS) is 25.5. The van der Waals surface area contributed by atoms with Crippen LogP contribution in [0, 0.1) is 0 Å². The first-order valence-electron chi connectivity index (χ1n) is 9.62. The van der Waals surface area contributed by atoms with E-state index >= 15 is 0 Å². The monoisotopic (exact) mass is 362 g/mol. The number of carbonyl (C=O) groups excluding carboxylic acids is 1. The average molecular weight is 362 g/mol. The number of hydrogen-bond acceptors (Lipinski definition) is 3. The van der Waals surface area contributed by atoms with Gasteiger partial charge in [-0.2, -0.15) is 0 Å². The van der Waals surface area contributed by atoms with Gasteiger partial charge in [0.1, 0.15) is 0 Å². The average Bonchev–Trinajstić information content (AvgIpc) is 2.66. The zero-order chi connectivity index (χ0) is 18.8. The van der Waals surface area contributed by atoms with Crippen molar-refractivity contribution >= 4 is 12.0 Å². The lowest BCUT2D eigenvalue weighted by molar-refractivity contribution is -0.162. The predicted molar refractivity (Wildman–Crippen MR) is 107 cm³/mol. The molecule has 1 N–H and O–H groups in total. The molecular formula is C23H26N2O2. The van der Waals surface area contributed by atoms with Gasteiger partial charge in [-0.25, -0.2) is 0 Å². The van der Waals surface area contributed by atoms with Gasteiger partial charge in [0.25, 0.3) is 0 Å². The summed E-state index contributed by atoms with van der Waals surface area (Å²) in [7, 11) is 0. The number of hydrogen-bond donors (Lipinski definition) is 1. The number of nitrogens with zero attached hydrogens (tertiary/aromatic N) is 2. The maximum absolute atomic E-state index is 12.7. The molecule has 2 heterocycles. The molecule has 4 heteroatoms. The minimum absolute atomic E-state index is 0.0161. The molecule has 0 bridgehead atoms. The molecule has 0 saturated carbocycles. The lowest BCUT2D eigenvalue weighted by atomic mass is 9.73. The van der Waals surface area contributed by atoms with Crippen molar-refractivity contribution in [3.8, 4) is 0 Å². The maximum Gasteiger partial charge on any atom is 0.237 e. The summed E-state index contributed by atoms with van der Waals surface area (Å²) >= 11 is 0. The largest absolute Gasteiger partial charge is 0.394 e. The van der Waals surface area contributed by atoms with Crippen molar-refractivity contribution in [2.75, 3.05) is 19.7 Å². The SMILES string of the molecule is C/C=C/c1ccc([C@@H]2[C@H](CO)N3C(=O)CN(Cc4ccccc4)C[C@@H]23)cc1. The molecule has 1 amide bonds. The minimum Gasteiger partial charge on any atom is -0.394 e. The van der Waals surface area contributed by atoms with Crippen molar-refractivity contribution in [2.45, 2.75) is 31.5 Å². The minimum atomic E-state index is -0.103. The van der Waals surface area contributed by atoms with Crippen LogP contribution in [0.4, 0.5) is 0 Å².